The first-order chi connectivity index (χ1) is 9.06. The first-order valence-electron chi connectivity index (χ1n) is 5.31. The van der Waals surface area contributed by atoms with E-state index in [2.05, 4.69) is 14.9 Å². The lowest BCUT2D eigenvalue weighted by atomic mass is 10.3. The van der Waals surface area contributed by atoms with E-state index in [1.165, 1.54) is 32.5 Å². The van der Waals surface area contributed by atoms with Gasteiger partial charge in [-0.05, 0) is 18.2 Å². The van der Waals surface area contributed by atoms with E-state index in [1.54, 1.807) is 12.1 Å². The van der Waals surface area contributed by atoms with Crippen LogP contribution < -0.4 is 14.2 Å². The molecule has 7 nitrogen and oxygen atoms in total. The van der Waals surface area contributed by atoms with E-state index in [1.807, 2.05) is 0 Å². The molecule has 0 radical (unpaired) electrons. The lowest BCUT2D eigenvalue weighted by molar-refractivity contribution is 0.405. The molecule has 0 fully saturated rings. The molecular weight excluding hydrogens is 270 g/mol. The van der Waals surface area contributed by atoms with Crippen molar-refractivity contribution in [2.24, 2.45) is 0 Å². The normalized spacial score (nSPS) is 11.1. The second kappa shape index (κ2) is 5.19. The van der Waals surface area contributed by atoms with Crippen LogP contribution in [-0.4, -0.2) is 32.8 Å². The van der Waals surface area contributed by atoms with Gasteiger partial charge in [0.25, 0.3) is 10.0 Å². The third kappa shape index (κ3) is 2.79. The van der Waals surface area contributed by atoms with Crippen molar-refractivity contribution in [1.82, 2.24) is 10.2 Å². The Morgan fingerprint density at radius 3 is 2.58 bits per heavy atom. The number of anilines is 1. The van der Waals surface area contributed by atoms with E-state index < -0.39 is 10.0 Å². The molecule has 0 amide bonds. The number of ether oxygens (including phenoxy) is 2. The first kappa shape index (κ1) is 13.2. The Labute approximate surface area is 110 Å². The van der Waals surface area contributed by atoms with E-state index in [0.29, 0.717) is 11.5 Å². The molecule has 2 N–H and O–H groups in total. The van der Waals surface area contributed by atoms with Gasteiger partial charge in [-0.1, -0.05) is 0 Å². The van der Waals surface area contributed by atoms with Crippen molar-refractivity contribution in [3.63, 3.8) is 0 Å². The van der Waals surface area contributed by atoms with Crippen LogP contribution in [0.1, 0.15) is 0 Å². The van der Waals surface area contributed by atoms with E-state index in [0.717, 1.165) is 0 Å². The van der Waals surface area contributed by atoms with Crippen molar-refractivity contribution < 1.29 is 17.9 Å². The number of sulfonamides is 1. The molecule has 102 valence electrons. The fraction of sp³-hybridized carbons (Fsp3) is 0.182. The van der Waals surface area contributed by atoms with Crippen LogP contribution in [0.5, 0.6) is 11.5 Å². The predicted molar refractivity (Wildman–Crippen MR) is 68.9 cm³/mol. The predicted octanol–water partition coefficient (Wildman–Crippen LogP) is 1.23. The Bertz CT molecular complexity index is 653. The van der Waals surface area contributed by atoms with E-state index in [-0.39, 0.29) is 10.7 Å². The Kier molecular flexibility index (Phi) is 3.61. The van der Waals surface area contributed by atoms with Gasteiger partial charge < -0.3 is 9.47 Å². The highest BCUT2D eigenvalue weighted by Crippen LogP contribution is 2.30. The van der Waals surface area contributed by atoms with Crippen LogP contribution in [0.25, 0.3) is 0 Å². The van der Waals surface area contributed by atoms with Crippen molar-refractivity contribution in [3.05, 3.63) is 30.5 Å². The quantitative estimate of drug-likeness (QED) is 0.860. The highest BCUT2D eigenvalue weighted by Gasteiger charge is 2.18. The molecule has 1 heterocycles. The van der Waals surface area contributed by atoms with E-state index in [4.69, 9.17) is 9.47 Å². The van der Waals surface area contributed by atoms with Crippen LogP contribution in [0, 0.1) is 0 Å². The molecule has 19 heavy (non-hydrogen) atoms. The average Bonchev–Trinajstić information content (AvgIpc) is 2.93. The molecule has 2 rings (SSSR count). The summed E-state index contributed by atoms with van der Waals surface area (Å²) in [7, 11) is -0.782. The van der Waals surface area contributed by atoms with Gasteiger partial charge in [-0.15, -0.1) is 0 Å². The molecule has 0 aliphatic rings. The number of methoxy groups -OCH3 is 2. The third-order valence-electron chi connectivity index (χ3n) is 2.42. The minimum Gasteiger partial charge on any atom is -0.497 e. The largest absolute Gasteiger partial charge is 0.497 e. The van der Waals surface area contributed by atoms with E-state index in [9.17, 15) is 8.42 Å². The average molecular weight is 283 g/mol. The molecule has 0 unspecified atom stereocenters. The van der Waals surface area contributed by atoms with Gasteiger partial charge in [-0.25, -0.2) is 0 Å². The Balaban J connectivity index is 2.37. The van der Waals surface area contributed by atoms with Crippen LogP contribution in [0.2, 0.25) is 0 Å². The maximum absolute atomic E-state index is 12.1. The minimum atomic E-state index is -3.73. The Morgan fingerprint density at radius 2 is 2.00 bits per heavy atom. The Hall–Kier alpha value is -2.22. The highest BCUT2D eigenvalue weighted by atomic mass is 32.2. The van der Waals surface area contributed by atoms with Gasteiger partial charge >= 0.3 is 0 Å². The molecule has 0 saturated heterocycles. The second-order valence-corrected chi connectivity index (χ2v) is 5.24. The third-order valence-corrected chi connectivity index (χ3v) is 3.71. The second-order valence-electron chi connectivity index (χ2n) is 3.59. The molecular formula is C11H13N3O4S. The summed E-state index contributed by atoms with van der Waals surface area (Å²) >= 11 is 0. The van der Waals surface area contributed by atoms with Crippen molar-refractivity contribution in [1.29, 1.82) is 0 Å². The molecule has 0 aliphatic heterocycles. The van der Waals surface area contributed by atoms with Crippen molar-refractivity contribution in [2.75, 3.05) is 18.9 Å². The SMILES string of the molecule is COc1ccc(OC)c(NS(=O)(=O)c2ccn[nH]2)c1. The van der Waals surface area contributed by atoms with Crippen LogP contribution in [0.15, 0.2) is 35.5 Å². The van der Waals surface area contributed by atoms with Gasteiger partial charge in [0.15, 0.2) is 5.03 Å². The first-order valence-corrected chi connectivity index (χ1v) is 6.79. The number of aromatic amines is 1. The number of rotatable bonds is 5. The number of nitrogens with zero attached hydrogens (tertiary/aromatic N) is 1. The van der Waals surface area contributed by atoms with Gasteiger partial charge in [-0.3, -0.25) is 9.82 Å². The zero-order valence-corrected chi connectivity index (χ0v) is 11.2. The molecule has 1 aromatic heterocycles. The zero-order valence-electron chi connectivity index (χ0n) is 10.4. The number of benzene rings is 1. The summed E-state index contributed by atoms with van der Waals surface area (Å²) in [5, 5.41) is 5.97. The molecule has 8 heteroatoms. The van der Waals surface area contributed by atoms with Gasteiger partial charge in [0.1, 0.15) is 11.5 Å². The molecule has 1 aromatic carbocycles. The molecule has 0 spiro atoms. The summed E-state index contributed by atoms with van der Waals surface area (Å²) in [5.74, 6) is 0.909. The number of H-pyrrole nitrogens is 1. The van der Waals surface area contributed by atoms with Crippen molar-refractivity contribution in [2.45, 2.75) is 5.03 Å². The van der Waals surface area contributed by atoms with Gasteiger partial charge in [0.2, 0.25) is 0 Å². The van der Waals surface area contributed by atoms with Crippen LogP contribution >= 0.6 is 0 Å². The van der Waals surface area contributed by atoms with E-state index >= 15 is 0 Å². The van der Waals surface area contributed by atoms with Crippen LogP contribution in [0.3, 0.4) is 0 Å². The Morgan fingerprint density at radius 1 is 1.21 bits per heavy atom. The van der Waals surface area contributed by atoms with Gasteiger partial charge in [0, 0.05) is 6.07 Å². The molecule has 0 saturated carbocycles. The number of hydrogen-bond acceptors (Lipinski definition) is 5. The summed E-state index contributed by atoms with van der Waals surface area (Å²) in [4.78, 5) is 0. The highest BCUT2D eigenvalue weighted by molar-refractivity contribution is 7.92. The van der Waals surface area contributed by atoms with Crippen LogP contribution in [-0.2, 0) is 10.0 Å². The van der Waals surface area contributed by atoms with Crippen molar-refractivity contribution >= 4 is 15.7 Å². The summed E-state index contributed by atoms with van der Waals surface area (Å²) in [5.41, 5.74) is 0.288. The lowest BCUT2D eigenvalue weighted by Gasteiger charge is -2.12. The molecule has 2 aromatic rings. The van der Waals surface area contributed by atoms with Crippen molar-refractivity contribution in [3.8, 4) is 11.5 Å². The number of nitrogens with one attached hydrogen (secondary N) is 2. The molecule has 0 aliphatic carbocycles. The fourth-order valence-corrected chi connectivity index (χ4v) is 2.46. The number of hydrogen-bond donors (Lipinski definition) is 2. The summed E-state index contributed by atoms with van der Waals surface area (Å²) in [6.07, 6.45) is 1.36. The minimum absolute atomic E-state index is 0.0302. The molecule has 0 atom stereocenters. The summed E-state index contributed by atoms with van der Waals surface area (Å²) < 4.78 is 36.7. The summed E-state index contributed by atoms with van der Waals surface area (Å²) in [6.45, 7) is 0. The topological polar surface area (TPSA) is 93.3 Å². The maximum atomic E-state index is 12.1. The monoisotopic (exact) mass is 283 g/mol. The molecule has 0 bridgehead atoms. The van der Waals surface area contributed by atoms with Gasteiger partial charge in [-0.2, -0.15) is 13.5 Å². The zero-order chi connectivity index (χ0) is 13.9. The lowest BCUT2D eigenvalue weighted by Crippen LogP contribution is -2.14. The number of aromatic nitrogens is 2. The standard InChI is InChI=1S/C11H13N3O4S/c1-17-8-3-4-10(18-2)9(7-8)14-19(15,16)11-5-6-12-13-11/h3-7,14H,1-2H3,(H,12,13). The summed E-state index contributed by atoms with van der Waals surface area (Å²) in [6, 6.07) is 6.18. The van der Waals surface area contributed by atoms with Crippen LogP contribution in [0.4, 0.5) is 5.69 Å². The fourth-order valence-electron chi connectivity index (χ4n) is 1.49. The smallest absolute Gasteiger partial charge is 0.278 e. The maximum Gasteiger partial charge on any atom is 0.278 e. The van der Waals surface area contributed by atoms with Gasteiger partial charge in [0.05, 0.1) is 26.1 Å².